The number of hydrogen-bond acceptors (Lipinski definition) is 1. The molecule has 0 bridgehead atoms. The zero-order valence-electron chi connectivity index (χ0n) is 29.4. The van der Waals surface area contributed by atoms with Gasteiger partial charge < -0.3 is 9.47 Å². The van der Waals surface area contributed by atoms with E-state index in [1.807, 2.05) is 0 Å². The Morgan fingerprint density at radius 1 is 0.451 bits per heavy atom. The molecule has 244 valence electrons. The molecule has 9 aromatic rings. The summed E-state index contributed by atoms with van der Waals surface area (Å²) in [5.74, 6) is 0.455. The second-order valence-corrected chi connectivity index (χ2v) is 14.6. The minimum Gasteiger partial charge on any atom is -0.310 e. The van der Waals surface area contributed by atoms with Crippen molar-refractivity contribution >= 4 is 60.4 Å². The lowest BCUT2D eigenvalue weighted by molar-refractivity contribution is 0.866. The van der Waals surface area contributed by atoms with Gasteiger partial charge in [-0.1, -0.05) is 92.7 Å². The van der Waals surface area contributed by atoms with Crippen LogP contribution in [0.2, 0.25) is 0 Å². The molecule has 51 heavy (non-hydrogen) atoms. The van der Waals surface area contributed by atoms with Crippen molar-refractivity contribution < 1.29 is 0 Å². The molecule has 0 unspecified atom stereocenters. The highest BCUT2D eigenvalue weighted by atomic mass is 15.1. The summed E-state index contributed by atoms with van der Waals surface area (Å²) in [6.45, 7) is 8.97. The molecule has 1 aliphatic rings. The highest BCUT2D eigenvalue weighted by Gasteiger charge is 2.25. The van der Waals surface area contributed by atoms with Crippen molar-refractivity contribution in [2.24, 2.45) is 0 Å². The second kappa shape index (κ2) is 11.2. The molecule has 0 saturated carbocycles. The Hall–Kier alpha value is -6.12. The largest absolute Gasteiger partial charge is 0.310 e. The van der Waals surface area contributed by atoms with Crippen LogP contribution in [-0.2, 0) is 0 Å². The minimum atomic E-state index is 0.455. The van der Waals surface area contributed by atoms with Crippen molar-refractivity contribution in [2.75, 3.05) is 4.90 Å². The first-order chi connectivity index (χ1) is 24.9. The third-order valence-electron chi connectivity index (χ3n) is 11.1. The molecule has 10 rings (SSSR count). The lowest BCUT2D eigenvalue weighted by Gasteiger charge is -2.30. The average Bonchev–Trinajstić information content (AvgIpc) is 3.49. The van der Waals surface area contributed by atoms with E-state index < -0.39 is 0 Å². The minimum absolute atomic E-state index is 0.455. The fourth-order valence-corrected chi connectivity index (χ4v) is 8.47. The summed E-state index contributed by atoms with van der Waals surface area (Å²) in [5, 5.41) is 7.63. The summed E-state index contributed by atoms with van der Waals surface area (Å²) in [5.41, 5.74) is 16.5. The van der Waals surface area contributed by atoms with Crippen molar-refractivity contribution in [3.8, 4) is 27.9 Å². The van der Waals surface area contributed by atoms with Crippen molar-refractivity contribution in [2.45, 2.75) is 33.6 Å². The smallest absolute Gasteiger partial charge is 0.0541 e. The molecule has 0 spiro atoms. The topological polar surface area (TPSA) is 8.17 Å². The molecule has 0 radical (unpaired) electrons. The molecular weight excluding hydrogens is 617 g/mol. The molecule has 1 heterocycles. The molecule has 8 aromatic carbocycles. The van der Waals surface area contributed by atoms with Crippen LogP contribution < -0.4 is 4.90 Å². The van der Waals surface area contributed by atoms with Crippen molar-refractivity contribution in [3.05, 3.63) is 168 Å². The van der Waals surface area contributed by atoms with Crippen molar-refractivity contribution in [3.63, 3.8) is 0 Å². The van der Waals surface area contributed by atoms with E-state index in [9.17, 15) is 0 Å². The Kier molecular flexibility index (Phi) is 6.54. The van der Waals surface area contributed by atoms with E-state index in [-0.39, 0.29) is 0 Å². The Morgan fingerprint density at radius 3 is 1.61 bits per heavy atom. The van der Waals surface area contributed by atoms with E-state index in [1.165, 1.54) is 105 Å². The van der Waals surface area contributed by atoms with Crippen LogP contribution in [0, 0.1) is 13.8 Å². The number of hydrogen-bond donors (Lipinski definition) is 0. The molecule has 0 aliphatic heterocycles. The predicted molar refractivity (Wildman–Crippen MR) is 218 cm³/mol. The quantitative estimate of drug-likeness (QED) is 0.179. The Labute approximate surface area is 298 Å². The second-order valence-electron chi connectivity index (χ2n) is 14.6. The molecule has 0 atom stereocenters. The van der Waals surface area contributed by atoms with Gasteiger partial charge in [0.05, 0.1) is 16.7 Å². The first-order valence-corrected chi connectivity index (χ1v) is 18.0. The van der Waals surface area contributed by atoms with E-state index in [0.29, 0.717) is 5.92 Å². The Bertz CT molecular complexity index is 2800. The molecule has 1 aliphatic carbocycles. The van der Waals surface area contributed by atoms with Crippen LogP contribution in [-0.4, -0.2) is 4.57 Å². The average molecular weight is 655 g/mol. The predicted octanol–water partition coefficient (Wildman–Crippen LogP) is 13.9. The number of rotatable bonds is 5. The van der Waals surface area contributed by atoms with Crippen molar-refractivity contribution in [1.82, 2.24) is 4.57 Å². The summed E-state index contributed by atoms with van der Waals surface area (Å²) >= 11 is 0. The highest BCUT2D eigenvalue weighted by molar-refractivity contribution is 6.13. The van der Waals surface area contributed by atoms with Crippen LogP contribution in [0.5, 0.6) is 0 Å². The van der Waals surface area contributed by atoms with Gasteiger partial charge in [-0.25, -0.2) is 0 Å². The molecule has 2 nitrogen and oxygen atoms in total. The van der Waals surface area contributed by atoms with Gasteiger partial charge in [-0.2, -0.15) is 0 Å². The highest BCUT2D eigenvalue weighted by Crippen LogP contribution is 2.51. The number of para-hydroxylation sites is 3. The zero-order chi connectivity index (χ0) is 34.4. The van der Waals surface area contributed by atoms with Gasteiger partial charge in [0.1, 0.15) is 0 Å². The third-order valence-corrected chi connectivity index (χ3v) is 11.1. The lowest BCUT2D eigenvalue weighted by atomic mass is 9.78. The van der Waals surface area contributed by atoms with Gasteiger partial charge in [0, 0.05) is 27.8 Å². The summed E-state index contributed by atoms with van der Waals surface area (Å²) in [7, 11) is 0. The fraction of sp³-hybridized carbons (Fsp3) is 0.102. The van der Waals surface area contributed by atoms with Crippen LogP contribution in [0.15, 0.2) is 152 Å². The summed E-state index contributed by atoms with van der Waals surface area (Å²) < 4.78 is 2.41. The van der Waals surface area contributed by atoms with Gasteiger partial charge in [-0.15, -0.1) is 0 Å². The van der Waals surface area contributed by atoms with Crippen LogP contribution in [0.1, 0.15) is 36.5 Å². The van der Waals surface area contributed by atoms with E-state index in [0.717, 1.165) is 0 Å². The van der Waals surface area contributed by atoms with Crippen LogP contribution in [0.4, 0.5) is 17.1 Å². The van der Waals surface area contributed by atoms with Crippen LogP contribution in [0.25, 0.3) is 71.3 Å². The van der Waals surface area contributed by atoms with E-state index in [4.69, 9.17) is 0 Å². The summed E-state index contributed by atoms with van der Waals surface area (Å²) in [6.07, 6.45) is 0. The molecule has 0 saturated heterocycles. The van der Waals surface area contributed by atoms with Crippen LogP contribution in [0.3, 0.4) is 0 Å². The molecule has 0 N–H and O–H groups in total. The maximum absolute atomic E-state index is 2.45. The van der Waals surface area contributed by atoms with Gasteiger partial charge in [-0.05, 0) is 153 Å². The standard InChI is InChI=1S/C49H38N2/c1-30(2)33-13-10-14-38(23-33)50(49-31(3)11-9-12-32(49)4)39-21-19-34-26-43-45(28-36(34)24-39)44-27-35-20-22-40(25-37(35)29-46(43)44)51-47-17-7-5-15-41(47)42-16-6-8-18-48(42)51/h5-30H,1-4H3. The summed E-state index contributed by atoms with van der Waals surface area (Å²) in [6, 6.07) is 56.6. The van der Waals surface area contributed by atoms with Gasteiger partial charge in [-0.3, -0.25) is 0 Å². The maximum atomic E-state index is 2.45. The Morgan fingerprint density at radius 2 is 0.980 bits per heavy atom. The van der Waals surface area contributed by atoms with Crippen molar-refractivity contribution in [1.29, 1.82) is 0 Å². The SMILES string of the molecule is Cc1cccc(C)c1N(c1cccc(C(C)C)c1)c1ccc2cc3c(cc2c1)-c1cc2ccc(-n4c5ccccc5c5ccccc54)cc2cc1-3. The number of aromatic nitrogens is 1. The van der Waals surface area contributed by atoms with E-state index in [1.54, 1.807) is 0 Å². The van der Waals surface area contributed by atoms with Gasteiger partial charge in [0.15, 0.2) is 0 Å². The number of fused-ring (bicyclic) bond motifs is 9. The fourth-order valence-electron chi connectivity index (χ4n) is 8.47. The first-order valence-electron chi connectivity index (χ1n) is 18.0. The van der Waals surface area contributed by atoms with Gasteiger partial charge >= 0.3 is 0 Å². The van der Waals surface area contributed by atoms with E-state index >= 15 is 0 Å². The van der Waals surface area contributed by atoms with Crippen LogP contribution >= 0.6 is 0 Å². The molecular formula is C49H38N2. The lowest BCUT2D eigenvalue weighted by Crippen LogP contribution is -2.13. The van der Waals surface area contributed by atoms with E-state index in [2.05, 4.69) is 189 Å². The maximum Gasteiger partial charge on any atom is 0.0541 e. The third kappa shape index (κ3) is 4.56. The molecule has 0 amide bonds. The monoisotopic (exact) mass is 654 g/mol. The molecule has 2 heteroatoms. The van der Waals surface area contributed by atoms with Gasteiger partial charge in [0.25, 0.3) is 0 Å². The molecule has 0 fully saturated rings. The molecule has 1 aromatic heterocycles. The number of anilines is 3. The normalized spacial score (nSPS) is 12.1. The summed E-state index contributed by atoms with van der Waals surface area (Å²) in [4.78, 5) is 2.45. The first kappa shape index (κ1) is 29.8. The van der Waals surface area contributed by atoms with Gasteiger partial charge in [0.2, 0.25) is 0 Å². The number of nitrogens with zero attached hydrogens (tertiary/aromatic N) is 2. The number of aryl methyl sites for hydroxylation is 2. The number of benzene rings is 8. The Balaban J connectivity index is 1.08. The zero-order valence-corrected chi connectivity index (χ0v) is 29.4.